The van der Waals surface area contributed by atoms with Gasteiger partial charge in [0, 0.05) is 19.5 Å². The molecule has 1 unspecified atom stereocenters. The maximum atomic E-state index is 12.9. The average Bonchev–Trinajstić information content (AvgIpc) is 2.70. The molecule has 0 radical (unpaired) electrons. The summed E-state index contributed by atoms with van der Waals surface area (Å²) in [5.74, 6) is 0. The smallest absolute Gasteiger partial charge is 0.410 e. The molecular formula is C24H33NO2. The molecule has 146 valence electrons. The minimum Gasteiger partial charge on any atom is -0.438 e. The quantitative estimate of drug-likeness (QED) is 0.469. The molecule has 3 heteroatoms. The van der Waals surface area contributed by atoms with Crippen LogP contribution >= 0.6 is 0 Å². The number of benzene rings is 2. The van der Waals surface area contributed by atoms with Gasteiger partial charge < -0.3 is 9.64 Å². The molecule has 27 heavy (non-hydrogen) atoms. The van der Waals surface area contributed by atoms with Crippen molar-refractivity contribution in [1.29, 1.82) is 0 Å². The van der Waals surface area contributed by atoms with Crippen molar-refractivity contribution in [2.75, 3.05) is 13.1 Å². The first-order valence-corrected chi connectivity index (χ1v) is 10.2. The molecular weight excluding hydrogens is 334 g/mol. The third-order valence-corrected chi connectivity index (χ3v) is 5.12. The van der Waals surface area contributed by atoms with Crippen molar-refractivity contribution >= 4 is 6.09 Å². The molecule has 0 spiro atoms. The van der Waals surface area contributed by atoms with Gasteiger partial charge in [-0.2, -0.15) is 0 Å². The molecule has 0 saturated heterocycles. The first-order valence-electron chi connectivity index (χ1n) is 10.2. The number of unbranched alkanes of at least 4 members (excludes halogenated alkanes) is 2. The van der Waals surface area contributed by atoms with E-state index in [9.17, 15) is 4.79 Å². The molecule has 0 aliphatic rings. The number of ether oxygens (including phenoxy) is 1. The lowest BCUT2D eigenvalue weighted by molar-refractivity contribution is -0.0202. The molecule has 0 aromatic heterocycles. The van der Waals surface area contributed by atoms with Crippen LogP contribution in [0.4, 0.5) is 4.79 Å². The number of amides is 1. The molecule has 0 saturated carbocycles. The van der Waals surface area contributed by atoms with Gasteiger partial charge in [0.2, 0.25) is 0 Å². The molecule has 0 aliphatic carbocycles. The summed E-state index contributed by atoms with van der Waals surface area (Å²) in [5.41, 5.74) is 1.62. The summed E-state index contributed by atoms with van der Waals surface area (Å²) in [6.45, 7) is 7.48. The largest absolute Gasteiger partial charge is 0.438 e. The Morgan fingerprint density at radius 1 is 0.889 bits per heavy atom. The van der Waals surface area contributed by atoms with Crippen LogP contribution in [-0.4, -0.2) is 24.1 Å². The zero-order valence-electron chi connectivity index (χ0n) is 17.0. The zero-order chi connectivity index (χ0) is 19.5. The van der Waals surface area contributed by atoms with E-state index >= 15 is 0 Å². The Morgan fingerprint density at radius 3 is 2.04 bits per heavy atom. The summed E-state index contributed by atoms with van der Waals surface area (Å²) in [6.07, 6.45) is 4.59. The maximum Gasteiger partial charge on any atom is 0.410 e. The first kappa shape index (κ1) is 21.0. The van der Waals surface area contributed by atoms with Gasteiger partial charge in [-0.05, 0) is 37.8 Å². The minimum atomic E-state index is -0.641. The number of hydrogen-bond acceptors (Lipinski definition) is 2. The summed E-state index contributed by atoms with van der Waals surface area (Å²) in [7, 11) is 0. The van der Waals surface area contributed by atoms with Crippen LogP contribution in [0.2, 0.25) is 0 Å². The van der Waals surface area contributed by atoms with Crippen molar-refractivity contribution in [3.63, 3.8) is 0 Å². The number of rotatable bonds is 10. The van der Waals surface area contributed by atoms with Crippen LogP contribution in [0, 0.1) is 0 Å². The van der Waals surface area contributed by atoms with Crippen LogP contribution in [0.5, 0.6) is 0 Å². The SMILES string of the molecule is CCCCCC(Cc1ccccc1)(OC(=O)N(CC)CC)c1ccccc1. The fourth-order valence-corrected chi connectivity index (χ4v) is 3.52. The van der Waals surface area contributed by atoms with Crippen molar-refractivity contribution in [2.45, 2.75) is 58.5 Å². The summed E-state index contributed by atoms with van der Waals surface area (Å²) in [6, 6.07) is 20.6. The second-order valence-electron chi connectivity index (χ2n) is 7.02. The lowest BCUT2D eigenvalue weighted by Crippen LogP contribution is -2.41. The van der Waals surface area contributed by atoms with E-state index in [0.29, 0.717) is 19.5 Å². The Hall–Kier alpha value is -2.29. The molecule has 0 aliphatic heterocycles. The monoisotopic (exact) mass is 367 g/mol. The molecule has 2 rings (SSSR count). The van der Waals surface area contributed by atoms with Gasteiger partial charge in [-0.25, -0.2) is 4.79 Å². The summed E-state index contributed by atoms with van der Waals surface area (Å²) in [5, 5.41) is 0. The molecule has 1 amide bonds. The van der Waals surface area contributed by atoms with E-state index in [4.69, 9.17) is 4.74 Å². The van der Waals surface area contributed by atoms with Crippen molar-refractivity contribution in [1.82, 2.24) is 4.90 Å². The number of carbonyl (C=O) groups excluding carboxylic acids is 1. The number of carbonyl (C=O) groups is 1. The van der Waals surface area contributed by atoms with E-state index in [1.807, 2.05) is 50.2 Å². The number of nitrogens with zero attached hydrogens (tertiary/aromatic N) is 1. The Labute approximate surface area is 164 Å². The summed E-state index contributed by atoms with van der Waals surface area (Å²) in [4.78, 5) is 14.7. The van der Waals surface area contributed by atoms with Gasteiger partial charge in [0.1, 0.15) is 5.60 Å². The molecule has 0 N–H and O–H groups in total. The van der Waals surface area contributed by atoms with Crippen LogP contribution in [0.15, 0.2) is 60.7 Å². The van der Waals surface area contributed by atoms with Gasteiger partial charge in [0.15, 0.2) is 0 Å². The molecule has 0 heterocycles. The van der Waals surface area contributed by atoms with E-state index in [-0.39, 0.29) is 6.09 Å². The van der Waals surface area contributed by atoms with Crippen molar-refractivity contribution in [3.8, 4) is 0 Å². The van der Waals surface area contributed by atoms with Gasteiger partial charge in [-0.3, -0.25) is 0 Å². The van der Waals surface area contributed by atoms with Crippen LogP contribution in [0.25, 0.3) is 0 Å². The van der Waals surface area contributed by atoms with Crippen molar-refractivity contribution < 1.29 is 9.53 Å². The third kappa shape index (κ3) is 5.85. The van der Waals surface area contributed by atoms with Crippen LogP contribution in [-0.2, 0) is 16.8 Å². The second-order valence-corrected chi connectivity index (χ2v) is 7.02. The molecule has 0 fully saturated rings. The predicted octanol–water partition coefficient (Wildman–Crippen LogP) is 6.18. The standard InChI is InChI=1S/C24H33NO2/c1-4-7-14-19-24(22-17-12-9-13-18-22,20-21-15-10-8-11-16-21)27-23(26)25(5-2)6-3/h8-13,15-18H,4-7,14,19-20H2,1-3H3. The highest BCUT2D eigenvalue weighted by Gasteiger charge is 2.37. The number of hydrogen-bond donors (Lipinski definition) is 0. The highest BCUT2D eigenvalue weighted by atomic mass is 16.6. The van der Waals surface area contributed by atoms with E-state index in [1.54, 1.807) is 4.90 Å². The second kappa shape index (κ2) is 10.8. The Kier molecular flexibility index (Phi) is 8.38. The highest BCUT2D eigenvalue weighted by Crippen LogP contribution is 2.36. The summed E-state index contributed by atoms with van der Waals surface area (Å²) < 4.78 is 6.31. The molecule has 2 aromatic rings. The Morgan fingerprint density at radius 2 is 1.48 bits per heavy atom. The van der Waals surface area contributed by atoms with Crippen LogP contribution in [0.1, 0.15) is 57.6 Å². The molecule has 1 atom stereocenters. The lowest BCUT2D eigenvalue weighted by Gasteiger charge is -2.36. The molecule has 2 aromatic carbocycles. The fourth-order valence-electron chi connectivity index (χ4n) is 3.52. The summed E-state index contributed by atoms with van der Waals surface area (Å²) >= 11 is 0. The third-order valence-electron chi connectivity index (χ3n) is 5.12. The van der Waals surface area contributed by atoms with E-state index in [2.05, 4.69) is 31.2 Å². The fraction of sp³-hybridized carbons (Fsp3) is 0.458. The minimum absolute atomic E-state index is 0.226. The normalized spacial score (nSPS) is 13.0. The van der Waals surface area contributed by atoms with Gasteiger partial charge in [0.05, 0.1) is 0 Å². The first-order chi connectivity index (χ1) is 13.1. The molecule has 3 nitrogen and oxygen atoms in total. The predicted molar refractivity (Wildman–Crippen MR) is 112 cm³/mol. The van der Waals surface area contributed by atoms with Gasteiger partial charge in [-0.1, -0.05) is 80.4 Å². The average molecular weight is 368 g/mol. The van der Waals surface area contributed by atoms with Crippen LogP contribution in [0.3, 0.4) is 0 Å². The van der Waals surface area contributed by atoms with E-state index in [1.165, 1.54) is 5.56 Å². The Bertz CT molecular complexity index is 667. The zero-order valence-corrected chi connectivity index (χ0v) is 17.0. The van der Waals surface area contributed by atoms with Gasteiger partial charge >= 0.3 is 6.09 Å². The van der Waals surface area contributed by atoms with E-state index < -0.39 is 5.60 Å². The topological polar surface area (TPSA) is 29.5 Å². The highest BCUT2D eigenvalue weighted by molar-refractivity contribution is 5.68. The lowest BCUT2D eigenvalue weighted by atomic mass is 9.82. The van der Waals surface area contributed by atoms with E-state index in [0.717, 1.165) is 31.2 Å². The Balaban J connectivity index is 2.42. The van der Waals surface area contributed by atoms with Gasteiger partial charge in [0.25, 0.3) is 0 Å². The maximum absolute atomic E-state index is 12.9. The van der Waals surface area contributed by atoms with Crippen molar-refractivity contribution in [2.24, 2.45) is 0 Å². The van der Waals surface area contributed by atoms with Crippen molar-refractivity contribution in [3.05, 3.63) is 71.8 Å². The van der Waals surface area contributed by atoms with Crippen LogP contribution < -0.4 is 0 Å². The molecule has 0 bridgehead atoms. The van der Waals surface area contributed by atoms with Gasteiger partial charge in [-0.15, -0.1) is 0 Å².